The quantitative estimate of drug-likeness (QED) is 0.843. The van der Waals surface area contributed by atoms with E-state index in [-0.39, 0.29) is 0 Å². The summed E-state index contributed by atoms with van der Waals surface area (Å²) >= 11 is 5.85. The highest BCUT2D eigenvalue weighted by Gasteiger charge is 2.19. The Balaban J connectivity index is 1.92. The van der Waals surface area contributed by atoms with Gasteiger partial charge in [0.25, 0.3) is 0 Å². The molecule has 1 unspecified atom stereocenters. The molecule has 1 heterocycles. The maximum Gasteiger partial charge on any atom is 0.142 e. The molecule has 1 atom stereocenters. The molecule has 17 heavy (non-hydrogen) atoms. The number of hydrogen-bond acceptors (Lipinski definition) is 3. The van der Waals surface area contributed by atoms with E-state index >= 15 is 0 Å². The van der Waals surface area contributed by atoms with Crippen LogP contribution in [-0.2, 0) is 0 Å². The second-order valence-corrected chi connectivity index (χ2v) is 5.06. The van der Waals surface area contributed by atoms with Crippen LogP contribution in [0.1, 0.15) is 19.3 Å². The van der Waals surface area contributed by atoms with Gasteiger partial charge in [-0.2, -0.15) is 0 Å². The van der Waals surface area contributed by atoms with Gasteiger partial charge in [-0.3, -0.25) is 0 Å². The molecule has 0 bridgehead atoms. The number of nitrogen functional groups attached to an aromatic ring is 1. The van der Waals surface area contributed by atoms with Gasteiger partial charge in [0.1, 0.15) is 12.4 Å². The van der Waals surface area contributed by atoms with Crippen LogP contribution in [0.4, 0.5) is 5.69 Å². The number of rotatable bonds is 3. The van der Waals surface area contributed by atoms with Gasteiger partial charge in [-0.1, -0.05) is 18.0 Å². The van der Waals surface area contributed by atoms with Crippen molar-refractivity contribution < 1.29 is 4.74 Å². The van der Waals surface area contributed by atoms with Crippen molar-refractivity contribution in [2.24, 2.45) is 0 Å². The molecule has 1 aliphatic heterocycles. The highest BCUT2D eigenvalue weighted by Crippen LogP contribution is 2.26. The first-order valence-electron chi connectivity index (χ1n) is 6.05. The summed E-state index contributed by atoms with van der Waals surface area (Å²) in [6, 6.07) is 5.86. The average molecular weight is 255 g/mol. The van der Waals surface area contributed by atoms with Gasteiger partial charge < -0.3 is 15.4 Å². The highest BCUT2D eigenvalue weighted by atomic mass is 35.5. The Kier molecular flexibility index (Phi) is 4.13. The van der Waals surface area contributed by atoms with Gasteiger partial charge >= 0.3 is 0 Å². The second kappa shape index (κ2) is 5.61. The number of halogens is 1. The Labute approximate surface area is 107 Å². The molecule has 0 spiro atoms. The largest absolute Gasteiger partial charge is 0.490 e. The van der Waals surface area contributed by atoms with Crippen LogP contribution in [0.5, 0.6) is 5.75 Å². The van der Waals surface area contributed by atoms with Gasteiger partial charge in [0, 0.05) is 11.1 Å². The fraction of sp³-hybridized carbons (Fsp3) is 0.538. The standard InChI is InChI=1S/C13H19ClN2O/c1-16-7-3-2-4-11(16)9-17-13-6-5-10(14)8-12(13)15/h5-6,8,11H,2-4,7,9,15H2,1H3. The Morgan fingerprint density at radius 3 is 3.00 bits per heavy atom. The number of piperidine rings is 1. The molecule has 0 aromatic heterocycles. The molecule has 0 radical (unpaired) electrons. The fourth-order valence-corrected chi connectivity index (χ4v) is 2.37. The third-order valence-electron chi connectivity index (χ3n) is 3.32. The van der Waals surface area contributed by atoms with Gasteiger partial charge in [0.05, 0.1) is 5.69 Å². The molecule has 1 saturated heterocycles. The normalized spacial score (nSPS) is 21.4. The molecule has 1 aliphatic rings. The number of hydrogen-bond donors (Lipinski definition) is 1. The zero-order valence-corrected chi connectivity index (χ0v) is 10.9. The number of likely N-dealkylation sites (N-methyl/N-ethyl adjacent to an activating group) is 1. The lowest BCUT2D eigenvalue weighted by atomic mass is 10.0. The van der Waals surface area contributed by atoms with Crippen LogP contribution < -0.4 is 10.5 Å². The lowest BCUT2D eigenvalue weighted by Gasteiger charge is -2.32. The third kappa shape index (κ3) is 3.27. The van der Waals surface area contributed by atoms with Crippen LogP contribution in [0, 0.1) is 0 Å². The Morgan fingerprint density at radius 2 is 2.29 bits per heavy atom. The first-order valence-corrected chi connectivity index (χ1v) is 6.42. The summed E-state index contributed by atoms with van der Waals surface area (Å²) in [5.41, 5.74) is 6.46. The number of nitrogens with two attached hydrogens (primary N) is 1. The van der Waals surface area contributed by atoms with E-state index < -0.39 is 0 Å². The van der Waals surface area contributed by atoms with Crippen molar-refractivity contribution in [3.05, 3.63) is 23.2 Å². The van der Waals surface area contributed by atoms with E-state index in [2.05, 4.69) is 11.9 Å². The van der Waals surface area contributed by atoms with Crippen LogP contribution >= 0.6 is 11.6 Å². The minimum Gasteiger partial charge on any atom is -0.490 e. The predicted molar refractivity (Wildman–Crippen MR) is 71.6 cm³/mol. The Bertz CT molecular complexity index is 384. The molecule has 0 aliphatic carbocycles. The molecule has 0 saturated carbocycles. The van der Waals surface area contributed by atoms with Gasteiger partial charge in [-0.05, 0) is 44.6 Å². The summed E-state index contributed by atoms with van der Waals surface area (Å²) < 4.78 is 5.78. The summed E-state index contributed by atoms with van der Waals surface area (Å²) in [5.74, 6) is 0.730. The predicted octanol–water partition coefficient (Wildman–Crippen LogP) is 2.79. The molecule has 94 valence electrons. The molecular weight excluding hydrogens is 236 g/mol. The minimum atomic E-state index is 0.499. The first kappa shape index (κ1) is 12.5. The number of benzene rings is 1. The van der Waals surface area contributed by atoms with Crippen LogP contribution in [0.3, 0.4) is 0 Å². The molecule has 2 N–H and O–H groups in total. The maximum absolute atomic E-state index is 5.85. The van der Waals surface area contributed by atoms with Crippen molar-refractivity contribution in [3.8, 4) is 5.75 Å². The summed E-state index contributed by atoms with van der Waals surface area (Å²) in [4.78, 5) is 2.36. The number of ether oxygens (including phenoxy) is 1. The van der Waals surface area contributed by atoms with Crippen molar-refractivity contribution in [3.63, 3.8) is 0 Å². The van der Waals surface area contributed by atoms with Crippen LogP contribution in [0.2, 0.25) is 5.02 Å². The van der Waals surface area contributed by atoms with E-state index in [9.17, 15) is 0 Å². The number of nitrogens with zero attached hydrogens (tertiary/aromatic N) is 1. The van der Waals surface area contributed by atoms with Gasteiger partial charge in [0.2, 0.25) is 0 Å². The zero-order chi connectivity index (χ0) is 12.3. The zero-order valence-electron chi connectivity index (χ0n) is 10.2. The summed E-state index contributed by atoms with van der Waals surface area (Å²) in [6.07, 6.45) is 3.77. The van der Waals surface area contributed by atoms with Gasteiger partial charge in [-0.25, -0.2) is 0 Å². The summed E-state index contributed by atoms with van der Waals surface area (Å²) in [6.45, 7) is 1.85. The van der Waals surface area contributed by atoms with Crippen LogP contribution in [0.15, 0.2) is 18.2 Å². The molecule has 0 amide bonds. The monoisotopic (exact) mass is 254 g/mol. The second-order valence-electron chi connectivity index (χ2n) is 4.62. The van der Waals surface area contributed by atoms with Crippen LogP contribution in [0.25, 0.3) is 0 Å². The molecule has 1 fully saturated rings. The topological polar surface area (TPSA) is 38.5 Å². The summed E-state index contributed by atoms with van der Waals surface area (Å²) in [5, 5.41) is 0.643. The van der Waals surface area contributed by atoms with E-state index in [1.807, 2.05) is 6.07 Å². The van der Waals surface area contributed by atoms with E-state index in [1.165, 1.54) is 19.3 Å². The van der Waals surface area contributed by atoms with E-state index in [0.717, 1.165) is 12.3 Å². The lowest BCUT2D eigenvalue weighted by molar-refractivity contribution is 0.125. The smallest absolute Gasteiger partial charge is 0.142 e. The highest BCUT2D eigenvalue weighted by molar-refractivity contribution is 6.30. The Hall–Kier alpha value is -0.930. The van der Waals surface area contributed by atoms with Crippen molar-refractivity contribution in [2.45, 2.75) is 25.3 Å². The Morgan fingerprint density at radius 1 is 1.47 bits per heavy atom. The molecule has 2 rings (SSSR count). The van der Waals surface area contributed by atoms with Crippen molar-refractivity contribution in [1.82, 2.24) is 4.90 Å². The van der Waals surface area contributed by atoms with Crippen LogP contribution in [-0.4, -0.2) is 31.1 Å². The van der Waals surface area contributed by atoms with Crippen molar-refractivity contribution >= 4 is 17.3 Å². The minimum absolute atomic E-state index is 0.499. The van der Waals surface area contributed by atoms with Gasteiger partial charge in [-0.15, -0.1) is 0 Å². The van der Waals surface area contributed by atoms with Gasteiger partial charge in [0.15, 0.2) is 0 Å². The third-order valence-corrected chi connectivity index (χ3v) is 3.56. The van der Waals surface area contributed by atoms with E-state index in [0.29, 0.717) is 23.4 Å². The maximum atomic E-state index is 5.85. The molecule has 3 nitrogen and oxygen atoms in total. The van der Waals surface area contributed by atoms with Crippen molar-refractivity contribution in [1.29, 1.82) is 0 Å². The average Bonchev–Trinajstić information content (AvgIpc) is 2.30. The molecule has 4 heteroatoms. The number of likely N-dealkylation sites (tertiary alicyclic amines) is 1. The molecule has 1 aromatic rings. The fourth-order valence-electron chi connectivity index (χ4n) is 2.19. The SMILES string of the molecule is CN1CCCCC1COc1ccc(Cl)cc1N. The first-order chi connectivity index (χ1) is 8.16. The molecule has 1 aromatic carbocycles. The van der Waals surface area contributed by atoms with E-state index in [1.54, 1.807) is 12.1 Å². The number of anilines is 1. The van der Waals surface area contributed by atoms with E-state index in [4.69, 9.17) is 22.1 Å². The summed E-state index contributed by atoms with van der Waals surface area (Å²) in [7, 11) is 2.15. The lowest BCUT2D eigenvalue weighted by Crippen LogP contribution is -2.40. The van der Waals surface area contributed by atoms with Crippen molar-refractivity contribution in [2.75, 3.05) is 25.9 Å². The molecular formula is C13H19ClN2O.